The summed E-state index contributed by atoms with van der Waals surface area (Å²) in [5, 5.41) is 0.345. The van der Waals surface area contributed by atoms with Gasteiger partial charge in [0.25, 0.3) is 0 Å². The second-order valence-corrected chi connectivity index (χ2v) is 6.13. The van der Waals surface area contributed by atoms with Crippen LogP contribution in [0.4, 0.5) is 0 Å². The average Bonchev–Trinajstić information content (AvgIpc) is 2.45. The third kappa shape index (κ3) is 8.88. The predicted octanol–water partition coefficient (Wildman–Crippen LogP) is 5.24. The first-order valence-corrected chi connectivity index (χ1v) is 8.51. The molecule has 0 aliphatic carbocycles. The third-order valence-corrected chi connectivity index (χ3v) is 4.24. The molecule has 0 atom stereocenters. The summed E-state index contributed by atoms with van der Waals surface area (Å²) in [4.78, 5) is 11.7. The molecule has 0 N–H and O–H groups in total. The first-order chi connectivity index (χ1) is 9.33. The van der Waals surface area contributed by atoms with Gasteiger partial charge in [0.05, 0.1) is 0 Å². The number of carbonyl (C=O) groups is 1. The van der Waals surface area contributed by atoms with E-state index in [1.54, 1.807) is 0 Å². The minimum Gasteiger partial charge on any atom is -0.287 e. The molecule has 0 fully saturated rings. The number of unbranched alkanes of at least 4 members (excludes halogenated alkanes) is 5. The van der Waals surface area contributed by atoms with Crippen molar-refractivity contribution in [2.24, 2.45) is 0 Å². The van der Waals surface area contributed by atoms with Gasteiger partial charge in [0.2, 0.25) is 0 Å². The van der Waals surface area contributed by atoms with E-state index in [4.69, 9.17) is 0 Å². The topological polar surface area (TPSA) is 17.1 Å². The lowest BCUT2D eigenvalue weighted by molar-refractivity contribution is -0.110. The molecule has 0 saturated heterocycles. The van der Waals surface area contributed by atoms with Gasteiger partial charge < -0.3 is 0 Å². The number of rotatable bonds is 10. The van der Waals surface area contributed by atoms with Gasteiger partial charge in [-0.3, -0.25) is 4.79 Å². The van der Waals surface area contributed by atoms with Crippen LogP contribution in [0, 0.1) is 0 Å². The standard InChI is InChI=1S/C17H26OS/c1-2-3-4-5-6-10-15-19-17(18)14-13-16-11-8-7-9-12-16/h7-9,11-12H,2-6,10,13-15H2,1H3. The van der Waals surface area contributed by atoms with Crippen molar-refractivity contribution < 1.29 is 4.79 Å². The minimum atomic E-state index is 0.345. The van der Waals surface area contributed by atoms with Gasteiger partial charge in [-0.1, -0.05) is 81.1 Å². The van der Waals surface area contributed by atoms with E-state index in [1.165, 1.54) is 55.9 Å². The fourth-order valence-electron chi connectivity index (χ4n) is 2.03. The third-order valence-electron chi connectivity index (χ3n) is 3.22. The summed E-state index contributed by atoms with van der Waals surface area (Å²) in [6, 6.07) is 10.3. The van der Waals surface area contributed by atoms with E-state index in [1.807, 2.05) is 18.2 Å². The van der Waals surface area contributed by atoms with Gasteiger partial charge in [0.15, 0.2) is 5.12 Å². The number of benzene rings is 1. The van der Waals surface area contributed by atoms with Crippen LogP contribution < -0.4 is 0 Å². The maximum absolute atomic E-state index is 11.7. The molecular weight excluding hydrogens is 252 g/mol. The summed E-state index contributed by atoms with van der Waals surface area (Å²) in [5.41, 5.74) is 1.26. The molecular formula is C17H26OS. The van der Waals surface area contributed by atoms with E-state index in [-0.39, 0.29) is 0 Å². The van der Waals surface area contributed by atoms with Crippen molar-refractivity contribution in [2.75, 3.05) is 5.75 Å². The maximum atomic E-state index is 11.7. The summed E-state index contributed by atoms with van der Waals surface area (Å²) in [6.45, 7) is 2.24. The van der Waals surface area contributed by atoms with Gasteiger partial charge in [0, 0.05) is 12.2 Å². The Morgan fingerprint density at radius 2 is 1.68 bits per heavy atom. The second-order valence-electron chi connectivity index (χ2n) is 4.97. The largest absolute Gasteiger partial charge is 0.287 e. The van der Waals surface area contributed by atoms with E-state index >= 15 is 0 Å². The predicted molar refractivity (Wildman–Crippen MR) is 85.6 cm³/mol. The van der Waals surface area contributed by atoms with Crippen LogP contribution in [0.3, 0.4) is 0 Å². The molecule has 1 aromatic rings. The smallest absolute Gasteiger partial charge is 0.189 e. The van der Waals surface area contributed by atoms with E-state index in [2.05, 4.69) is 19.1 Å². The van der Waals surface area contributed by atoms with Crippen LogP contribution in [-0.2, 0) is 11.2 Å². The van der Waals surface area contributed by atoms with Crippen LogP contribution in [-0.4, -0.2) is 10.9 Å². The zero-order valence-electron chi connectivity index (χ0n) is 12.1. The number of carbonyl (C=O) groups excluding carboxylic acids is 1. The lowest BCUT2D eigenvalue weighted by atomic mass is 10.1. The van der Waals surface area contributed by atoms with Crippen LogP contribution in [0.2, 0.25) is 0 Å². The molecule has 1 rings (SSSR count). The highest BCUT2D eigenvalue weighted by Crippen LogP contribution is 2.13. The van der Waals surface area contributed by atoms with Crippen molar-refractivity contribution in [1.82, 2.24) is 0 Å². The van der Waals surface area contributed by atoms with Gasteiger partial charge in [0.1, 0.15) is 0 Å². The molecule has 0 bridgehead atoms. The molecule has 0 amide bonds. The normalized spacial score (nSPS) is 10.6. The molecule has 0 heterocycles. The zero-order valence-corrected chi connectivity index (χ0v) is 12.9. The highest BCUT2D eigenvalue weighted by Gasteiger charge is 2.03. The average molecular weight is 278 g/mol. The minimum absolute atomic E-state index is 0.345. The van der Waals surface area contributed by atoms with E-state index in [9.17, 15) is 4.79 Å². The number of thioether (sulfide) groups is 1. The highest BCUT2D eigenvalue weighted by molar-refractivity contribution is 8.13. The van der Waals surface area contributed by atoms with E-state index in [0.717, 1.165) is 12.2 Å². The Kier molecular flexibility index (Phi) is 9.52. The van der Waals surface area contributed by atoms with E-state index in [0.29, 0.717) is 11.5 Å². The highest BCUT2D eigenvalue weighted by atomic mass is 32.2. The monoisotopic (exact) mass is 278 g/mol. The maximum Gasteiger partial charge on any atom is 0.189 e. The summed E-state index contributed by atoms with van der Waals surface area (Å²) in [7, 11) is 0. The first-order valence-electron chi connectivity index (χ1n) is 7.52. The molecule has 19 heavy (non-hydrogen) atoms. The van der Waals surface area contributed by atoms with Gasteiger partial charge in [-0.15, -0.1) is 0 Å². The molecule has 106 valence electrons. The van der Waals surface area contributed by atoms with Crippen LogP contribution in [0.1, 0.15) is 57.4 Å². The van der Waals surface area contributed by atoms with Crippen molar-refractivity contribution in [3.05, 3.63) is 35.9 Å². The quantitative estimate of drug-likeness (QED) is 0.544. The van der Waals surface area contributed by atoms with Crippen LogP contribution in [0.15, 0.2) is 30.3 Å². The van der Waals surface area contributed by atoms with Crippen LogP contribution >= 0.6 is 11.8 Å². The molecule has 1 aromatic carbocycles. The Morgan fingerprint density at radius 1 is 1.00 bits per heavy atom. The van der Waals surface area contributed by atoms with Crippen molar-refractivity contribution >= 4 is 16.9 Å². The zero-order chi connectivity index (χ0) is 13.8. The summed E-state index contributed by atoms with van der Waals surface area (Å²) < 4.78 is 0. The molecule has 0 aliphatic rings. The Morgan fingerprint density at radius 3 is 2.42 bits per heavy atom. The van der Waals surface area contributed by atoms with Gasteiger partial charge in [-0.05, 0) is 18.4 Å². The molecule has 0 aromatic heterocycles. The van der Waals surface area contributed by atoms with Crippen LogP contribution in [0.5, 0.6) is 0 Å². The summed E-state index contributed by atoms with van der Waals surface area (Å²) in [6.07, 6.45) is 9.34. The number of hydrogen-bond acceptors (Lipinski definition) is 2. The van der Waals surface area contributed by atoms with Crippen molar-refractivity contribution in [1.29, 1.82) is 0 Å². The number of aryl methyl sites for hydroxylation is 1. The summed E-state index contributed by atoms with van der Waals surface area (Å²) >= 11 is 1.52. The van der Waals surface area contributed by atoms with Crippen molar-refractivity contribution in [3.63, 3.8) is 0 Å². The van der Waals surface area contributed by atoms with Crippen molar-refractivity contribution in [3.8, 4) is 0 Å². The molecule has 0 saturated carbocycles. The van der Waals surface area contributed by atoms with Crippen molar-refractivity contribution in [2.45, 2.75) is 58.3 Å². The second kappa shape index (κ2) is 11.1. The van der Waals surface area contributed by atoms with E-state index < -0.39 is 0 Å². The number of hydrogen-bond donors (Lipinski definition) is 0. The Hall–Kier alpha value is -0.760. The molecule has 0 aliphatic heterocycles. The molecule has 2 heteroatoms. The Balaban J connectivity index is 1.96. The lowest BCUT2D eigenvalue weighted by Crippen LogP contribution is -1.96. The van der Waals surface area contributed by atoms with Crippen LogP contribution in [0.25, 0.3) is 0 Å². The fourth-order valence-corrected chi connectivity index (χ4v) is 2.85. The lowest BCUT2D eigenvalue weighted by Gasteiger charge is -2.02. The molecule has 1 nitrogen and oxygen atoms in total. The summed E-state index contributed by atoms with van der Waals surface area (Å²) in [5.74, 6) is 1.000. The Labute approximate surface area is 122 Å². The SMILES string of the molecule is CCCCCCCCSC(=O)CCc1ccccc1. The van der Waals surface area contributed by atoms with Gasteiger partial charge in [-0.2, -0.15) is 0 Å². The Bertz CT molecular complexity index is 334. The first kappa shape index (κ1) is 16.3. The molecule has 0 spiro atoms. The fraction of sp³-hybridized carbons (Fsp3) is 0.588. The van der Waals surface area contributed by atoms with Gasteiger partial charge in [-0.25, -0.2) is 0 Å². The van der Waals surface area contributed by atoms with Gasteiger partial charge >= 0.3 is 0 Å². The molecule has 0 radical (unpaired) electrons. The molecule has 0 unspecified atom stereocenters.